The summed E-state index contributed by atoms with van der Waals surface area (Å²) < 4.78 is 6.18. The van der Waals surface area contributed by atoms with Gasteiger partial charge in [0.25, 0.3) is 0 Å². The number of aliphatic hydroxyl groups is 1. The number of hydrogen-bond donors (Lipinski definition) is 1. The molecular weight excluding hydrogens is 310 g/mol. The van der Waals surface area contributed by atoms with Crippen LogP contribution in [-0.4, -0.2) is 36.8 Å². The van der Waals surface area contributed by atoms with E-state index in [0.717, 1.165) is 31.4 Å². The van der Waals surface area contributed by atoms with Crippen LogP contribution in [0.1, 0.15) is 30.4 Å². The van der Waals surface area contributed by atoms with Crippen LogP contribution >= 0.6 is 0 Å². The lowest BCUT2D eigenvalue weighted by Gasteiger charge is -2.44. The molecule has 1 saturated carbocycles. The molecule has 0 aliphatic heterocycles. The van der Waals surface area contributed by atoms with Crippen molar-refractivity contribution < 1.29 is 9.84 Å². The van der Waals surface area contributed by atoms with Gasteiger partial charge >= 0.3 is 0 Å². The van der Waals surface area contributed by atoms with Crippen LogP contribution in [0.15, 0.2) is 60.7 Å². The first kappa shape index (κ1) is 18.1. The number of benzene rings is 2. The van der Waals surface area contributed by atoms with Gasteiger partial charge in [0.15, 0.2) is 0 Å². The Morgan fingerprint density at radius 2 is 1.68 bits per heavy atom. The van der Waals surface area contributed by atoms with E-state index in [1.807, 2.05) is 48.5 Å². The van der Waals surface area contributed by atoms with E-state index in [2.05, 4.69) is 31.1 Å². The lowest BCUT2D eigenvalue weighted by atomic mass is 9.70. The van der Waals surface area contributed by atoms with Crippen LogP contribution in [0.4, 0.5) is 0 Å². The van der Waals surface area contributed by atoms with Crippen LogP contribution < -0.4 is 0 Å². The first-order valence-electron chi connectivity index (χ1n) is 9.16. The Hall–Kier alpha value is -1.68. The molecule has 0 heterocycles. The second-order valence-corrected chi connectivity index (χ2v) is 7.44. The van der Waals surface area contributed by atoms with Crippen LogP contribution in [0.2, 0.25) is 0 Å². The molecule has 3 rings (SSSR count). The highest BCUT2D eigenvalue weighted by molar-refractivity contribution is 5.24. The number of ether oxygens (including phenoxy) is 1. The summed E-state index contributed by atoms with van der Waals surface area (Å²) in [6, 6.07) is 20.4. The summed E-state index contributed by atoms with van der Waals surface area (Å²) in [4.78, 5) is 2.16. The van der Waals surface area contributed by atoms with E-state index in [9.17, 15) is 5.11 Å². The molecule has 1 fully saturated rings. The van der Waals surface area contributed by atoms with Crippen molar-refractivity contribution >= 4 is 0 Å². The summed E-state index contributed by atoms with van der Waals surface area (Å²) in [6.07, 6.45) is 2.72. The van der Waals surface area contributed by atoms with Gasteiger partial charge in [0.2, 0.25) is 0 Å². The van der Waals surface area contributed by atoms with Crippen LogP contribution in [0.3, 0.4) is 0 Å². The molecule has 2 aromatic rings. The smallest absolute Gasteiger partial charge is 0.0938 e. The predicted molar refractivity (Wildman–Crippen MR) is 101 cm³/mol. The zero-order valence-corrected chi connectivity index (χ0v) is 15.3. The molecule has 3 nitrogen and oxygen atoms in total. The maximum absolute atomic E-state index is 11.5. The van der Waals surface area contributed by atoms with Crippen molar-refractivity contribution in [2.45, 2.75) is 37.6 Å². The first-order valence-corrected chi connectivity index (χ1v) is 9.16. The molecule has 0 bridgehead atoms. The summed E-state index contributed by atoms with van der Waals surface area (Å²) in [6.45, 7) is 1.50. The highest BCUT2D eigenvalue weighted by atomic mass is 16.5. The Bertz CT molecular complexity index is 644. The Morgan fingerprint density at radius 3 is 2.32 bits per heavy atom. The highest BCUT2D eigenvalue weighted by Gasteiger charge is 2.43. The molecule has 1 N–H and O–H groups in total. The van der Waals surface area contributed by atoms with Crippen LogP contribution in [0.25, 0.3) is 0 Å². The lowest BCUT2D eigenvalue weighted by Crippen LogP contribution is -2.46. The van der Waals surface area contributed by atoms with Gasteiger partial charge in [0, 0.05) is 12.5 Å². The maximum Gasteiger partial charge on any atom is 0.0938 e. The van der Waals surface area contributed by atoms with Gasteiger partial charge in [-0.25, -0.2) is 0 Å². The second-order valence-electron chi connectivity index (χ2n) is 7.44. The van der Waals surface area contributed by atoms with E-state index in [-0.39, 0.29) is 12.0 Å². The van der Waals surface area contributed by atoms with E-state index in [1.165, 1.54) is 5.56 Å². The van der Waals surface area contributed by atoms with Gasteiger partial charge in [-0.05, 0) is 44.5 Å². The molecule has 0 aromatic heterocycles. The van der Waals surface area contributed by atoms with Crippen molar-refractivity contribution in [2.24, 2.45) is 5.92 Å². The van der Waals surface area contributed by atoms with Crippen molar-refractivity contribution in [1.82, 2.24) is 4.90 Å². The van der Waals surface area contributed by atoms with Gasteiger partial charge in [0.1, 0.15) is 0 Å². The molecule has 0 spiro atoms. The number of nitrogens with zero attached hydrogens (tertiary/aromatic N) is 1. The SMILES string of the molecule is CN(C)CC1CC(OCc2ccccc2)CCC1(O)c1ccccc1. The summed E-state index contributed by atoms with van der Waals surface area (Å²) in [5.41, 5.74) is 1.47. The minimum absolute atomic E-state index is 0.166. The minimum Gasteiger partial charge on any atom is -0.385 e. The zero-order valence-electron chi connectivity index (χ0n) is 15.3. The molecule has 2 aromatic carbocycles. The normalized spacial score (nSPS) is 26.7. The zero-order chi connectivity index (χ0) is 17.7. The Kier molecular flexibility index (Phi) is 5.89. The van der Waals surface area contributed by atoms with Gasteiger partial charge in [-0.15, -0.1) is 0 Å². The van der Waals surface area contributed by atoms with E-state index in [4.69, 9.17) is 4.74 Å². The van der Waals surface area contributed by atoms with Crippen molar-refractivity contribution in [3.63, 3.8) is 0 Å². The monoisotopic (exact) mass is 339 g/mol. The standard InChI is InChI=1S/C22H29NO2/c1-23(2)16-20-15-21(25-17-18-9-5-3-6-10-18)13-14-22(20,24)19-11-7-4-8-12-19/h3-12,20-21,24H,13-17H2,1-2H3. The van der Waals surface area contributed by atoms with Gasteiger partial charge in [0.05, 0.1) is 18.3 Å². The molecule has 0 saturated heterocycles. The number of rotatable bonds is 6. The summed E-state index contributed by atoms with van der Waals surface area (Å²) in [5.74, 6) is 0.166. The van der Waals surface area contributed by atoms with Crippen LogP contribution in [0, 0.1) is 5.92 Å². The van der Waals surface area contributed by atoms with Crippen LogP contribution in [0.5, 0.6) is 0 Å². The van der Waals surface area contributed by atoms with Gasteiger partial charge in [-0.1, -0.05) is 60.7 Å². The van der Waals surface area contributed by atoms with Crippen molar-refractivity contribution in [2.75, 3.05) is 20.6 Å². The third-order valence-corrected chi connectivity index (χ3v) is 5.26. The van der Waals surface area contributed by atoms with Crippen LogP contribution in [-0.2, 0) is 16.9 Å². The molecule has 3 atom stereocenters. The summed E-state index contributed by atoms with van der Waals surface area (Å²) in [7, 11) is 4.14. The summed E-state index contributed by atoms with van der Waals surface area (Å²) in [5, 5.41) is 11.5. The molecule has 1 aliphatic rings. The molecule has 3 unspecified atom stereocenters. The molecule has 134 valence electrons. The van der Waals surface area contributed by atoms with Gasteiger partial charge in [-0.2, -0.15) is 0 Å². The Labute approximate surface area is 151 Å². The molecular formula is C22H29NO2. The Balaban J connectivity index is 1.70. The van der Waals surface area contributed by atoms with Crippen molar-refractivity contribution in [3.05, 3.63) is 71.8 Å². The number of hydrogen-bond acceptors (Lipinski definition) is 3. The van der Waals surface area contributed by atoms with E-state index in [0.29, 0.717) is 6.61 Å². The second kappa shape index (κ2) is 8.13. The fourth-order valence-corrected chi connectivity index (χ4v) is 3.93. The quantitative estimate of drug-likeness (QED) is 0.868. The fourth-order valence-electron chi connectivity index (χ4n) is 3.93. The minimum atomic E-state index is -0.766. The van der Waals surface area contributed by atoms with E-state index in [1.54, 1.807) is 0 Å². The van der Waals surface area contributed by atoms with E-state index < -0.39 is 5.60 Å². The Morgan fingerprint density at radius 1 is 1.04 bits per heavy atom. The van der Waals surface area contributed by atoms with Crippen molar-refractivity contribution in [3.8, 4) is 0 Å². The third kappa shape index (κ3) is 4.49. The van der Waals surface area contributed by atoms with Crippen molar-refractivity contribution in [1.29, 1.82) is 0 Å². The fraction of sp³-hybridized carbons (Fsp3) is 0.455. The largest absolute Gasteiger partial charge is 0.385 e. The lowest BCUT2D eigenvalue weighted by molar-refractivity contribution is -0.110. The topological polar surface area (TPSA) is 32.7 Å². The maximum atomic E-state index is 11.5. The summed E-state index contributed by atoms with van der Waals surface area (Å²) >= 11 is 0. The van der Waals surface area contributed by atoms with Gasteiger partial charge in [-0.3, -0.25) is 0 Å². The predicted octanol–water partition coefficient (Wildman–Crippen LogP) is 3.82. The highest BCUT2D eigenvalue weighted by Crippen LogP contribution is 2.43. The molecule has 1 aliphatic carbocycles. The molecule has 25 heavy (non-hydrogen) atoms. The average molecular weight is 339 g/mol. The average Bonchev–Trinajstić information content (AvgIpc) is 2.63. The third-order valence-electron chi connectivity index (χ3n) is 5.26. The van der Waals surface area contributed by atoms with E-state index >= 15 is 0 Å². The molecule has 3 heteroatoms. The van der Waals surface area contributed by atoms with Gasteiger partial charge < -0.3 is 14.7 Å². The molecule has 0 amide bonds. The first-order chi connectivity index (χ1) is 12.1. The molecule has 0 radical (unpaired) electrons.